The maximum Gasteiger partial charge on any atom is 0.315 e. The molecule has 1 heterocycles. The number of hydrogen-bond donors (Lipinski definition) is 2. The van der Waals surface area contributed by atoms with Crippen LogP contribution in [0.2, 0.25) is 0 Å². The van der Waals surface area contributed by atoms with Crippen molar-refractivity contribution in [1.29, 1.82) is 0 Å². The van der Waals surface area contributed by atoms with Crippen molar-refractivity contribution in [2.75, 3.05) is 11.9 Å². The zero-order valence-corrected chi connectivity index (χ0v) is 10.9. The fourth-order valence-corrected chi connectivity index (χ4v) is 1.76. The first-order valence-electron chi connectivity index (χ1n) is 6.44. The summed E-state index contributed by atoms with van der Waals surface area (Å²) in [4.78, 5) is 0. The minimum atomic E-state index is 0.437. The van der Waals surface area contributed by atoms with Crippen molar-refractivity contribution in [1.82, 2.24) is 15.5 Å². The zero-order valence-electron chi connectivity index (χ0n) is 10.9. The van der Waals surface area contributed by atoms with Crippen molar-refractivity contribution in [3.8, 4) is 0 Å². The molecule has 0 bridgehead atoms. The van der Waals surface area contributed by atoms with Crippen molar-refractivity contribution >= 4 is 6.01 Å². The van der Waals surface area contributed by atoms with Crippen LogP contribution in [0.4, 0.5) is 6.01 Å². The molecule has 1 aliphatic rings. The second kappa shape index (κ2) is 5.49. The number of rotatable bonds is 7. The third kappa shape index (κ3) is 4.00. The molecule has 0 saturated heterocycles. The van der Waals surface area contributed by atoms with E-state index in [2.05, 4.69) is 41.6 Å². The van der Waals surface area contributed by atoms with Gasteiger partial charge in [0.05, 0.1) is 6.54 Å². The summed E-state index contributed by atoms with van der Waals surface area (Å²) in [5.74, 6) is 2.06. The van der Waals surface area contributed by atoms with Gasteiger partial charge in [-0.25, -0.2) is 0 Å². The minimum absolute atomic E-state index is 0.437. The van der Waals surface area contributed by atoms with Gasteiger partial charge in [0.2, 0.25) is 5.89 Å². The molecule has 1 unspecified atom stereocenters. The Morgan fingerprint density at radius 2 is 2.06 bits per heavy atom. The van der Waals surface area contributed by atoms with Gasteiger partial charge in [0, 0.05) is 6.04 Å². The Kier molecular flexibility index (Phi) is 3.99. The Hall–Kier alpha value is -1.10. The molecule has 0 spiro atoms. The first kappa shape index (κ1) is 12.4. The number of nitrogens with zero attached hydrogens (tertiary/aromatic N) is 2. The topological polar surface area (TPSA) is 63.0 Å². The van der Waals surface area contributed by atoms with Crippen LogP contribution in [0.15, 0.2) is 4.42 Å². The molecule has 1 saturated carbocycles. The van der Waals surface area contributed by atoms with Gasteiger partial charge >= 0.3 is 6.01 Å². The smallest absolute Gasteiger partial charge is 0.315 e. The van der Waals surface area contributed by atoms with Crippen LogP contribution in [0.25, 0.3) is 0 Å². The van der Waals surface area contributed by atoms with Gasteiger partial charge < -0.3 is 15.1 Å². The molecule has 0 radical (unpaired) electrons. The minimum Gasteiger partial charge on any atom is -0.407 e. The second-order valence-corrected chi connectivity index (χ2v) is 5.30. The Morgan fingerprint density at radius 1 is 1.29 bits per heavy atom. The number of anilines is 1. The molecular weight excluding hydrogens is 216 g/mol. The van der Waals surface area contributed by atoms with Crippen LogP contribution < -0.4 is 10.6 Å². The lowest BCUT2D eigenvalue weighted by molar-refractivity contribution is 0.454. The maximum atomic E-state index is 5.52. The van der Waals surface area contributed by atoms with E-state index in [1.54, 1.807) is 0 Å². The molecule has 1 aliphatic carbocycles. The highest BCUT2D eigenvalue weighted by molar-refractivity contribution is 5.20. The van der Waals surface area contributed by atoms with Gasteiger partial charge in [-0.15, -0.1) is 5.10 Å². The highest BCUT2D eigenvalue weighted by Crippen LogP contribution is 2.33. The fourth-order valence-electron chi connectivity index (χ4n) is 1.76. The largest absolute Gasteiger partial charge is 0.407 e. The van der Waals surface area contributed by atoms with Crippen LogP contribution in [-0.2, 0) is 6.54 Å². The molecule has 1 aromatic heterocycles. The Balaban J connectivity index is 1.74. The normalized spacial score (nSPS) is 17.4. The van der Waals surface area contributed by atoms with Crippen molar-refractivity contribution in [2.24, 2.45) is 11.8 Å². The molecule has 5 nitrogen and oxygen atoms in total. The van der Waals surface area contributed by atoms with Gasteiger partial charge in [0.25, 0.3) is 0 Å². The molecule has 1 atom stereocenters. The average Bonchev–Trinajstić information content (AvgIpc) is 3.02. The van der Waals surface area contributed by atoms with E-state index in [0.29, 0.717) is 30.4 Å². The van der Waals surface area contributed by atoms with Crippen LogP contribution in [0, 0.1) is 11.8 Å². The summed E-state index contributed by atoms with van der Waals surface area (Å²) in [6.07, 6.45) is 2.62. The van der Waals surface area contributed by atoms with Gasteiger partial charge in [0.1, 0.15) is 0 Å². The van der Waals surface area contributed by atoms with E-state index < -0.39 is 0 Å². The van der Waals surface area contributed by atoms with Crippen molar-refractivity contribution in [3.63, 3.8) is 0 Å². The zero-order chi connectivity index (χ0) is 12.3. The van der Waals surface area contributed by atoms with Crippen LogP contribution in [0.3, 0.4) is 0 Å². The summed E-state index contributed by atoms with van der Waals surface area (Å²) >= 11 is 0. The molecule has 0 aliphatic heterocycles. The van der Waals surface area contributed by atoms with E-state index in [1.807, 2.05) is 0 Å². The highest BCUT2D eigenvalue weighted by Gasteiger charge is 2.28. The van der Waals surface area contributed by atoms with E-state index in [-0.39, 0.29) is 0 Å². The highest BCUT2D eigenvalue weighted by atomic mass is 16.4. The SMILES string of the molecule is CC(C)CNCc1nnc(NC(C)C2CC2)o1. The standard InChI is InChI=1S/C12H22N4O/c1-8(2)6-13-7-11-15-16-12(17-11)14-9(3)10-4-5-10/h8-10,13H,4-7H2,1-3H3,(H,14,16). The Bertz CT molecular complexity index is 346. The van der Waals surface area contributed by atoms with Crippen molar-refractivity contribution in [2.45, 2.75) is 46.2 Å². The number of hydrogen-bond acceptors (Lipinski definition) is 5. The molecule has 1 fully saturated rings. The van der Waals surface area contributed by atoms with Crippen molar-refractivity contribution in [3.05, 3.63) is 5.89 Å². The summed E-state index contributed by atoms with van der Waals surface area (Å²) in [6, 6.07) is 0.984. The molecule has 17 heavy (non-hydrogen) atoms. The fraction of sp³-hybridized carbons (Fsp3) is 0.833. The van der Waals surface area contributed by atoms with Gasteiger partial charge in [-0.3, -0.25) is 0 Å². The number of aromatic nitrogens is 2. The molecule has 96 valence electrons. The van der Waals surface area contributed by atoms with Crippen molar-refractivity contribution < 1.29 is 4.42 Å². The van der Waals surface area contributed by atoms with E-state index in [1.165, 1.54) is 12.8 Å². The quantitative estimate of drug-likeness (QED) is 0.761. The van der Waals surface area contributed by atoms with E-state index in [9.17, 15) is 0 Å². The van der Waals surface area contributed by atoms with E-state index in [0.717, 1.165) is 12.5 Å². The second-order valence-electron chi connectivity index (χ2n) is 5.30. The first-order chi connectivity index (χ1) is 8.15. The third-order valence-electron chi connectivity index (χ3n) is 2.98. The van der Waals surface area contributed by atoms with Crippen LogP contribution in [0.5, 0.6) is 0 Å². The van der Waals surface area contributed by atoms with Crippen LogP contribution in [0.1, 0.15) is 39.5 Å². The first-order valence-corrected chi connectivity index (χ1v) is 6.44. The molecule has 0 aromatic carbocycles. The van der Waals surface area contributed by atoms with Crippen LogP contribution >= 0.6 is 0 Å². The summed E-state index contributed by atoms with van der Waals surface area (Å²) in [5.41, 5.74) is 0. The van der Waals surface area contributed by atoms with Gasteiger partial charge in [-0.1, -0.05) is 18.9 Å². The summed E-state index contributed by atoms with van der Waals surface area (Å²) in [5, 5.41) is 14.5. The average molecular weight is 238 g/mol. The Morgan fingerprint density at radius 3 is 2.71 bits per heavy atom. The maximum absolute atomic E-state index is 5.52. The van der Waals surface area contributed by atoms with E-state index >= 15 is 0 Å². The van der Waals surface area contributed by atoms with E-state index in [4.69, 9.17) is 4.42 Å². The number of nitrogens with one attached hydrogen (secondary N) is 2. The molecule has 1 aromatic rings. The lowest BCUT2D eigenvalue weighted by Crippen LogP contribution is -2.19. The Labute approximate surface area is 102 Å². The molecule has 0 amide bonds. The summed E-state index contributed by atoms with van der Waals surface area (Å²) in [7, 11) is 0. The molecule has 2 N–H and O–H groups in total. The third-order valence-corrected chi connectivity index (χ3v) is 2.98. The lowest BCUT2D eigenvalue weighted by atomic mass is 10.2. The summed E-state index contributed by atoms with van der Waals surface area (Å²) < 4.78 is 5.52. The lowest BCUT2D eigenvalue weighted by Gasteiger charge is -2.09. The summed E-state index contributed by atoms with van der Waals surface area (Å²) in [6.45, 7) is 8.11. The monoisotopic (exact) mass is 238 g/mol. The predicted molar refractivity (Wildman–Crippen MR) is 66.7 cm³/mol. The molecule has 5 heteroatoms. The van der Waals surface area contributed by atoms with Gasteiger partial charge in [-0.05, 0) is 38.1 Å². The predicted octanol–water partition coefficient (Wildman–Crippen LogP) is 2.03. The molecular formula is C12H22N4O. The van der Waals surface area contributed by atoms with Crippen LogP contribution in [-0.4, -0.2) is 22.8 Å². The van der Waals surface area contributed by atoms with Gasteiger partial charge in [0.15, 0.2) is 0 Å². The van der Waals surface area contributed by atoms with Gasteiger partial charge in [-0.2, -0.15) is 0 Å². The molecule has 2 rings (SSSR count).